The summed E-state index contributed by atoms with van der Waals surface area (Å²) in [5.74, 6) is 0. The van der Waals surface area contributed by atoms with Crippen molar-refractivity contribution in [3.63, 3.8) is 0 Å². The first kappa shape index (κ1) is 10.2. The third-order valence-electron chi connectivity index (χ3n) is 1.79. The highest BCUT2D eigenvalue weighted by Gasteiger charge is 1.92. The number of nitro groups is 1. The van der Waals surface area contributed by atoms with Crippen LogP contribution in [0.15, 0.2) is 36.5 Å². The normalized spacial score (nSPS) is 9.29. The van der Waals surface area contributed by atoms with E-state index in [1.807, 2.05) is 0 Å². The Bertz CT molecular complexity index is 430. The van der Waals surface area contributed by atoms with E-state index in [9.17, 15) is 0 Å². The molecule has 0 atom stereocenters. The standard InChI is InChI=1S/C9H9N.CH3NO2/c1-10-7-6-8-4-2-3-5-9(8)10;1-2(3)4/h2-7H,1H3;1H3. The summed E-state index contributed by atoms with van der Waals surface area (Å²) in [6.07, 6.45) is 2.07. The second kappa shape index (κ2) is 4.41. The van der Waals surface area contributed by atoms with Crippen LogP contribution in [0.5, 0.6) is 0 Å². The van der Waals surface area contributed by atoms with Crippen molar-refractivity contribution in [2.45, 2.75) is 0 Å². The SMILES string of the molecule is C[N+](=O)[O-].Cn1ccc2ccccc21. The fraction of sp³-hybridized carbons (Fsp3) is 0.200. The number of aryl methyl sites for hydroxylation is 1. The van der Waals surface area contributed by atoms with Gasteiger partial charge in [0.25, 0.3) is 0 Å². The van der Waals surface area contributed by atoms with Crippen LogP contribution in [0.3, 0.4) is 0 Å². The van der Waals surface area contributed by atoms with E-state index in [1.165, 1.54) is 10.9 Å². The molecule has 4 nitrogen and oxygen atoms in total. The van der Waals surface area contributed by atoms with Gasteiger partial charge in [0.05, 0.1) is 0 Å². The molecule has 0 N–H and O–H groups in total. The molecule has 0 saturated heterocycles. The molecule has 0 unspecified atom stereocenters. The van der Waals surface area contributed by atoms with Crippen LogP contribution in [0, 0.1) is 10.1 Å². The molecule has 0 aliphatic heterocycles. The molecule has 14 heavy (non-hydrogen) atoms. The van der Waals surface area contributed by atoms with Gasteiger partial charge in [-0.2, -0.15) is 0 Å². The Morgan fingerprint density at radius 3 is 2.43 bits per heavy atom. The van der Waals surface area contributed by atoms with Gasteiger partial charge in [0.15, 0.2) is 7.05 Å². The molecule has 0 amide bonds. The molecule has 4 heteroatoms. The van der Waals surface area contributed by atoms with Crippen LogP contribution < -0.4 is 0 Å². The number of hydrogen-bond acceptors (Lipinski definition) is 2. The first-order valence-electron chi connectivity index (χ1n) is 4.19. The minimum atomic E-state index is -0.500. The molecule has 0 aliphatic carbocycles. The molecule has 2 rings (SSSR count). The van der Waals surface area contributed by atoms with Gasteiger partial charge in [0, 0.05) is 23.7 Å². The molecule has 0 saturated carbocycles. The van der Waals surface area contributed by atoms with E-state index in [2.05, 4.69) is 48.1 Å². The average Bonchev–Trinajstić information content (AvgIpc) is 2.48. The van der Waals surface area contributed by atoms with E-state index < -0.39 is 4.92 Å². The molecule has 0 aliphatic rings. The second-order valence-corrected chi connectivity index (χ2v) is 2.93. The van der Waals surface area contributed by atoms with Crippen molar-refractivity contribution in [3.05, 3.63) is 46.6 Å². The fourth-order valence-electron chi connectivity index (χ4n) is 1.22. The van der Waals surface area contributed by atoms with Gasteiger partial charge in [-0.3, -0.25) is 10.1 Å². The number of benzene rings is 1. The number of fused-ring (bicyclic) bond motifs is 1. The minimum absolute atomic E-state index is 0.500. The first-order valence-corrected chi connectivity index (χ1v) is 4.19. The van der Waals surface area contributed by atoms with Crippen LogP contribution in [0.2, 0.25) is 0 Å². The fourth-order valence-corrected chi connectivity index (χ4v) is 1.22. The topological polar surface area (TPSA) is 48.1 Å². The van der Waals surface area contributed by atoms with Crippen LogP contribution in [0.25, 0.3) is 10.9 Å². The number of nitrogens with zero attached hydrogens (tertiary/aromatic N) is 2. The van der Waals surface area contributed by atoms with Gasteiger partial charge in [-0.25, -0.2) is 0 Å². The van der Waals surface area contributed by atoms with Crippen LogP contribution >= 0.6 is 0 Å². The van der Waals surface area contributed by atoms with E-state index in [-0.39, 0.29) is 0 Å². The Hall–Kier alpha value is -1.84. The molecule has 1 aromatic carbocycles. The van der Waals surface area contributed by atoms with E-state index in [0.717, 1.165) is 7.05 Å². The van der Waals surface area contributed by atoms with E-state index in [1.54, 1.807) is 0 Å². The lowest BCUT2D eigenvalue weighted by Gasteiger charge is -1.92. The van der Waals surface area contributed by atoms with Crippen LogP contribution in [-0.4, -0.2) is 16.5 Å². The molecular formula is C10H12N2O2. The van der Waals surface area contributed by atoms with E-state index >= 15 is 0 Å². The predicted octanol–water partition coefficient (Wildman–Crippen LogP) is 2.07. The molecule has 2 aromatic rings. The summed E-state index contributed by atoms with van der Waals surface area (Å²) in [7, 11) is 2.95. The number of para-hydroxylation sites is 1. The second-order valence-electron chi connectivity index (χ2n) is 2.93. The van der Waals surface area contributed by atoms with Gasteiger partial charge >= 0.3 is 0 Å². The third kappa shape index (κ3) is 2.58. The molecule has 74 valence electrons. The van der Waals surface area contributed by atoms with Crippen molar-refractivity contribution in [1.82, 2.24) is 4.57 Å². The van der Waals surface area contributed by atoms with Gasteiger partial charge < -0.3 is 4.57 Å². The van der Waals surface area contributed by atoms with Crippen LogP contribution in [-0.2, 0) is 7.05 Å². The van der Waals surface area contributed by atoms with Gasteiger partial charge in [0.2, 0.25) is 0 Å². The number of hydrogen-bond donors (Lipinski definition) is 0. The molecule has 0 fully saturated rings. The van der Waals surface area contributed by atoms with E-state index in [0.29, 0.717) is 0 Å². The first-order chi connectivity index (χ1) is 6.61. The molecular weight excluding hydrogens is 180 g/mol. The van der Waals surface area contributed by atoms with Crippen molar-refractivity contribution in [1.29, 1.82) is 0 Å². The maximum absolute atomic E-state index is 8.81. The summed E-state index contributed by atoms with van der Waals surface area (Å²) in [4.78, 5) is 8.31. The molecule has 1 heterocycles. The van der Waals surface area contributed by atoms with Gasteiger partial charge in [-0.1, -0.05) is 18.2 Å². The lowest BCUT2D eigenvalue weighted by Crippen LogP contribution is -1.81. The lowest BCUT2D eigenvalue weighted by atomic mass is 10.2. The van der Waals surface area contributed by atoms with Crippen molar-refractivity contribution in [2.24, 2.45) is 7.05 Å². The highest BCUT2D eigenvalue weighted by molar-refractivity contribution is 5.79. The highest BCUT2D eigenvalue weighted by atomic mass is 16.6. The summed E-state index contributed by atoms with van der Waals surface area (Å²) in [5.41, 5.74) is 1.29. The highest BCUT2D eigenvalue weighted by Crippen LogP contribution is 2.12. The third-order valence-corrected chi connectivity index (χ3v) is 1.79. The number of rotatable bonds is 0. The summed E-state index contributed by atoms with van der Waals surface area (Å²) in [6, 6.07) is 10.5. The van der Waals surface area contributed by atoms with Crippen molar-refractivity contribution < 1.29 is 4.92 Å². The summed E-state index contributed by atoms with van der Waals surface area (Å²) < 4.78 is 2.12. The summed E-state index contributed by atoms with van der Waals surface area (Å²) in [5, 5.41) is 10.1. The lowest BCUT2D eigenvalue weighted by molar-refractivity contribution is -0.445. The largest absolute Gasteiger partial charge is 0.351 e. The maximum Gasteiger partial charge on any atom is 0.194 e. The Kier molecular flexibility index (Phi) is 3.23. The van der Waals surface area contributed by atoms with Gasteiger partial charge in [0.1, 0.15) is 0 Å². The molecule has 1 aromatic heterocycles. The average molecular weight is 192 g/mol. The quantitative estimate of drug-likeness (QED) is 0.474. The van der Waals surface area contributed by atoms with Gasteiger partial charge in [-0.15, -0.1) is 0 Å². The van der Waals surface area contributed by atoms with Crippen molar-refractivity contribution in [2.75, 3.05) is 7.05 Å². The molecule has 0 radical (unpaired) electrons. The zero-order valence-electron chi connectivity index (χ0n) is 8.18. The zero-order valence-corrected chi connectivity index (χ0v) is 8.18. The molecule has 0 spiro atoms. The monoisotopic (exact) mass is 192 g/mol. The van der Waals surface area contributed by atoms with Crippen LogP contribution in [0.1, 0.15) is 0 Å². The Labute approximate surface area is 81.9 Å². The molecule has 0 bridgehead atoms. The summed E-state index contributed by atoms with van der Waals surface area (Å²) in [6.45, 7) is 0. The smallest absolute Gasteiger partial charge is 0.194 e. The van der Waals surface area contributed by atoms with Gasteiger partial charge in [-0.05, 0) is 17.5 Å². The Balaban J connectivity index is 0.000000213. The Morgan fingerprint density at radius 1 is 1.29 bits per heavy atom. The number of aromatic nitrogens is 1. The summed E-state index contributed by atoms with van der Waals surface area (Å²) >= 11 is 0. The van der Waals surface area contributed by atoms with Crippen molar-refractivity contribution >= 4 is 10.9 Å². The van der Waals surface area contributed by atoms with Crippen LogP contribution in [0.4, 0.5) is 0 Å². The van der Waals surface area contributed by atoms with Crippen molar-refractivity contribution in [3.8, 4) is 0 Å². The predicted molar refractivity (Wildman–Crippen MR) is 55.8 cm³/mol. The maximum atomic E-state index is 8.81. The minimum Gasteiger partial charge on any atom is -0.351 e. The Morgan fingerprint density at radius 2 is 1.86 bits per heavy atom. The van der Waals surface area contributed by atoms with E-state index in [4.69, 9.17) is 10.1 Å². The zero-order chi connectivity index (χ0) is 10.6.